The Bertz CT molecular complexity index is 1400. The molecule has 0 atom stereocenters. The summed E-state index contributed by atoms with van der Waals surface area (Å²) in [6, 6.07) is 23.0. The smallest absolute Gasteiger partial charge is 0.337 e. The molecule has 6 nitrogen and oxygen atoms in total. The number of esters is 1. The van der Waals surface area contributed by atoms with Crippen LogP contribution in [0.5, 0.6) is 0 Å². The van der Waals surface area contributed by atoms with Crippen molar-refractivity contribution in [3.63, 3.8) is 0 Å². The second-order valence-electron chi connectivity index (χ2n) is 10.3. The van der Waals surface area contributed by atoms with Gasteiger partial charge in [0.25, 0.3) is 0 Å². The molecule has 0 radical (unpaired) electrons. The lowest BCUT2D eigenvalue weighted by Gasteiger charge is -2.27. The Balaban J connectivity index is 1.69. The number of rotatable bonds is 7. The number of amides is 1. The molecule has 0 aliphatic rings. The summed E-state index contributed by atoms with van der Waals surface area (Å²) < 4.78 is 4.86. The van der Waals surface area contributed by atoms with Crippen LogP contribution in [0.3, 0.4) is 0 Å². The number of aliphatic hydroxyl groups excluding tert-OH is 1. The van der Waals surface area contributed by atoms with Gasteiger partial charge in [0.15, 0.2) is 0 Å². The number of pyridine rings is 1. The van der Waals surface area contributed by atoms with Crippen LogP contribution in [0.25, 0.3) is 21.9 Å². The Hall–Kier alpha value is -4.03. The van der Waals surface area contributed by atoms with Crippen LogP contribution >= 0.6 is 0 Å². The van der Waals surface area contributed by atoms with E-state index in [0.29, 0.717) is 24.3 Å². The third kappa shape index (κ3) is 6.22. The van der Waals surface area contributed by atoms with Crippen LogP contribution in [0.15, 0.2) is 79.0 Å². The van der Waals surface area contributed by atoms with Gasteiger partial charge < -0.3 is 9.84 Å². The molecular weight excluding hydrogens is 464 g/mol. The van der Waals surface area contributed by atoms with E-state index in [9.17, 15) is 14.7 Å². The fourth-order valence-corrected chi connectivity index (χ4v) is 4.24. The minimum absolute atomic E-state index is 0.0177. The van der Waals surface area contributed by atoms with E-state index in [0.717, 1.165) is 33.0 Å². The quantitative estimate of drug-likeness (QED) is 0.311. The van der Waals surface area contributed by atoms with E-state index >= 15 is 0 Å². The summed E-state index contributed by atoms with van der Waals surface area (Å²) in [6.07, 6.45) is 2.02. The maximum Gasteiger partial charge on any atom is 0.337 e. The zero-order chi connectivity index (χ0) is 26.6. The van der Waals surface area contributed by atoms with Crippen LogP contribution in [0.4, 0.5) is 5.82 Å². The summed E-state index contributed by atoms with van der Waals surface area (Å²) in [5, 5.41) is 10.9. The molecule has 0 unspecified atom stereocenters. The molecular formula is C31H32N2O4. The average molecular weight is 497 g/mol. The molecule has 37 heavy (non-hydrogen) atoms. The molecule has 0 bridgehead atoms. The third-order valence-corrected chi connectivity index (χ3v) is 6.17. The predicted octanol–water partition coefficient (Wildman–Crippen LogP) is 6.15. The van der Waals surface area contributed by atoms with Crippen molar-refractivity contribution in [2.45, 2.75) is 40.3 Å². The first kappa shape index (κ1) is 26.0. The highest BCUT2D eigenvalue weighted by Crippen LogP contribution is 2.30. The fraction of sp³-hybridized carbons (Fsp3) is 0.258. The molecule has 4 aromatic rings. The van der Waals surface area contributed by atoms with Crippen LogP contribution in [-0.2, 0) is 22.7 Å². The molecule has 190 valence electrons. The molecule has 0 aliphatic heterocycles. The van der Waals surface area contributed by atoms with Gasteiger partial charge in [-0.05, 0) is 57.3 Å². The van der Waals surface area contributed by atoms with Crippen molar-refractivity contribution in [3.05, 3.63) is 95.7 Å². The standard InChI is InChI=1S/C31H32N2O4/c1-31(2,3)18-28(35)33(29-27-14-13-26(30(36)37-4)17-25(27)15-16-32-29)19-21-5-9-23(10-6-21)24-11-7-22(20-34)8-12-24/h5-17,34H,18-20H2,1-4H3. The van der Waals surface area contributed by atoms with E-state index in [1.54, 1.807) is 23.2 Å². The molecule has 0 spiro atoms. The number of fused-ring (bicyclic) bond motifs is 1. The van der Waals surface area contributed by atoms with Crippen LogP contribution in [-0.4, -0.2) is 29.1 Å². The molecule has 1 heterocycles. The number of hydrogen-bond acceptors (Lipinski definition) is 5. The number of nitrogens with zero attached hydrogens (tertiary/aromatic N) is 2. The molecule has 1 amide bonds. The van der Waals surface area contributed by atoms with Gasteiger partial charge in [-0.15, -0.1) is 0 Å². The highest BCUT2D eigenvalue weighted by molar-refractivity contribution is 6.04. The minimum Gasteiger partial charge on any atom is -0.465 e. The van der Waals surface area contributed by atoms with Gasteiger partial charge in [-0.2, -0.15) is 0 Å². The molecule has 6 heteroatoms. The van der Waals surface area contributed by atoms with Crippen molar-refractivity contribution in [1.29, 1.82) is 0 Å². The number of anilines is 1. The van der Waals surface area contributed by atoms with Gasteiger partial charge in [0.2, 0.25) is 5.91 Å². The zero-order valence-electron chi connectivity index (χ0n) is 21.7. The monoisotopic (exact) mass is 496 g/mol. The molecule has 1 N–H and O–H groups in total. The van der Waals surface area contributed by atoms with Crippen molar-refractivity contribution < 1.29 is 19.4 Å². The number of carbonyl (C=O) groups excluding carboxylic acids is 2. The SMILES string of the molecule is COC(=O)c1ccc2c(N(Cc3ccc(-c4ccc(CO)cc4)cc3)C(=O)CC(C)(C)C)nccc2c1. The topological polar surface area (TPSA) is 79.7 Å². The minimum atomic E-state index is -0.410. The van der Waals surface area contributed by atoms with Gasteiger partial charge in [0.1, 0.15) is 5.82 Å². The van der Waals surface area contributed by atoms with Crippen molar-refractivity contribution in [2.24, 2.45) is 5.41 Å². The van der Waals surface area contributed by atoms with E-state index in [2.05, 4.69) is 4.98 Å². The summed E-state index contributed by atoms with van der Waals surface area (Å²) >= 11 is 0. The predicted molar refractivity (Wildman–Crippen MR) is 146 cm³/mol. The second-order valence-corrected chi connectivity index (χ2v) is 10.3. The lowest BCUT2D eigenvalue weighted by molar-refractivity contribution is -0.120. The summed E-state index contributed by atoms with van der Waals surface area (Å²) in [6.45, 7) is 6.50. The fourth-order valence-electron chi connectivity index (χ4n) is 4.24. The largest absolute Gasteiger partial charge is 0.465 e. The van der Waals surface area contributed by atoms with Gasteiger partial charge in [-0.1, -0.05) is 69.3 Å². The van der Waals surface area contributed by atoms with E-state index in [4.69, 9.17) is 4.74 Å². The summed E-state index contributed by atoms with van der Waals surface area (Å²) in [7, 11) is 1.35. The maximum absolute atomic E-state index is 13.6. The molecule has 0 fully saturated rings. The van der Waals surface area contributed by atoms with Gasteiger partial charge in [-0.25, -0.2) is 9.78 Å². The Morgan fingerprint density at radius 3 is 2.08 bits per heavy atom. The van der Waals surface area contributed by atoms with Gasteiger partial charge in [-0.3, -0.25) is 9.69 Å². The van der Waals surface area contributed by atoms with E-state index in [1.807, 2.05) is 81.4 Å². The van der Waals surface area contributed by atoms with Crippen molar-refractivity contribution >= 4 is 28.5 Å². The second kappa shape index (κ2) is 10.9. The Kier molecular flexibility index (Phi) is 7.69. The first-order chi connectivity index (χ1) is 17.7. The maximum atomic E-state index is 13.6. The van der Waals surface area contributed by atoms with E-state index in [1.165, 1.54) is 7.11 Å². The number of aliphatic hydroxyl groups is 1. The number of methoxy groups -OCH3 is 1. The lowest BCUT2D eigenvalue weighted by atomic mass is 9.91. The van der Waals surface area contributed by atoms with Gasteiger partial charge in [0.05, 0.1) is 25.8 Å². The number of aromatic nitrogens is 1. The number of benzene rings is 3. The Labute approximate surface area is 217 Å². The first-order valence-corrected chi connectivity index (χ1v) is 12.2. The molecule has 0 aliphatic carbocycles. The highest BCUT2D eigenvalue weighted by Gasteiger charge is 2.25. The molecule has 0 saturated heterocycles. The Morgan fingerprint density at radius 2 is 1.51 bits per heavy atom. The van der Waals surface area contributed by atoms with E-state index in [-0.39, 0.29) is 17.9 Å². The van der Waals surface area contributed by atoms with Crippen LogP contribution in [0, 0.1) is 5.41 Å². The molecule has 4 rings (SSSR count). The van der Waals surface area contributed by atoms with Gasteiger partial charge >= 0.3 is 5.97 Å². The number of hydrogen-bond donors (Lipinski definition) is 1. The lowest BCUT2D eigenvalue weighted by Crippen LogP contribution is -2.34. The summed E-state index contributed by atoms with van der Waals surface area (Å²) in [5.41, 5.74) is 4.21. The van der Waals surface area contributed by atoms with Crippen molar-refractivity contribution in [1.82, 2.24) is 4.98 Å². The normalized spacial score (nSPS) is 11.4. The van der Waals surface area contributed by atoms with Crippen LogP contribution in [0.2, 0.25) is 0 Å². The summed E-state index contributed by atoms with van der Waals surface area (Å²) in [5.74, 6) is 0.132. The zero-order valence-corrected chi connectivity index (χ0v) is 21.7. The van der Waals surface area contributed by atoms with Gasteiger partial charge in [0, 0.05) is 18.0 Å². The highest BCUT2D eigenvalue weighted by atomic mass is 16.5. The molecule has 3 aromatic carbocycles. The molecule has 0 saturated carbocycles. The Morgan fingerprint density at radius 1 is 0.892 bits per heavy atom. The van der Waals surface area contributed by atoms with Crippen molar-refractivity contribution in [3.8, 4) is 11.1 Å². The van der Waals surface area contributed by atoms with Crippen LogP contribution < -0.4 is 4.90 Å². The average Bonchev–Trinajstić information content (AvgIpc) is 2.90. The third-order valence-electron chi connectivity index (χ3n) is 6.17. The first-order valence-electron chi connectivity index (χ1n) is 12.2. The summed E-state index contributed by atoms with van der Waals surface area (Å²) in [4.78, 5) is 31.9. The molecule has 1 aromatic heterocycles. The number of ether oxygens (including phenoxy) is 1. The van der Waals surface area contributed by atoms with E-state index < -0.39 is 5.97 Å². The van der Waals surface area contributed by atoms with Crippen molar-refractivity contribution in [2.75, 3.05) is 12.0 Å². The van der Waals surface area contributed by atoms with Crippen LogP contribution in [0.1, 0.15) is 48.7 Å². The number of carbonyl (C=O) groups is 2.